The number of nitrogens with zero attached hydrogens (tertiary/aromatic N) is 4. The summed E-state index contributed by atoms with van der Waals surface area (Å²) in [6, 6.07) is 6.64. The molecule has 2 aliphatic heterocycles. The number of benzene rings is 1. The third kappa shape index (κ3) is 5.86. The number of guanidine groups is 1. The predicted octanol–water partition coefficient (Wildman–Crippen LogP) is 2.36. The second-order valence-corrected chi connectivity index (χ2v) is 8.28. The molecule has 0 aliphatic carbocycles. The van der Waals surface area contributed by atoms with Gasteiger partial charge in [0.1, 0.15) is 0 Å². The Morgan fingerprint density at radius 3 is 2.69 bits per heavy atom. The molecule has 2 heterocycles. The van der Waals surface area contributed by atoms with Crippen LogP contribution < -0.4 is 10.2 Å². The van der Waals surface area contributed by atoms with Crippen molar-refractivity contribution in [2.45, 2.75) is 27.2 Å². The maximum Gasteiger partial charge on any atom is 0.193 e. The third-order valence-electron chi connectivity index (χ3n) is 6.36. The van der Waals surface area contributed by atoms with Gasteiger partial charge < -0.3 is 19.9 Å². The van der Waals surface area contributed by atoms with E-state index in [1.807, 2.05) is 7.05 Å². The van der Waals surface area contributed by atoms with Gasteiger partial charge in [0.05, 0.1) is 6.61 Å². The van der Waals surface area contributed by atoms with E-state index >= 15 is 0 Å². The molecule has 0 radical (unpaired) electrons. The molecule has 1 atom stereocenters. The number of piperazine rings is 1. The van der Waals surface area contributed by atoms with Gasteiger partial charge in [-0.25, -0.2) is 0 Å². The van der Waals surface area contributed by atoms with Gasteiger partial charge in [-0.2, -0.15) is 0 Å². The fourth-order valence-electron chi connectivity index (χ4n) is 4.39. The van der Waals surface area contributed by atoms with Crippen molar-refractivity contribution in [2.75, 3.05) is 77.5 Å². The lowest BCUT2D eigenvalue weighted by atomic mass is 10.1. The topological polar surface area (TPSA) is 43.3 Å². The Hall–Kier alpha value is -1.79. The molecule has 0 saturated carbocycles. The van der Waals surface area contributed by atoms with Crippen molar-refractivity contribution in [3.05, 3.63) is 29.3 Å². The summed E-state index contributed by atoms with van der Waals surface area (Å²) in [6.07, 6.45) is 1.20. The van der Waals surface area contributed by atoms with Crippen molar-refractivity contribution < 1.29 is 4.74 Å². The van der Waals surface area contributed by atoms with Gasteiger partial charge in [0.2, 0.25) is 0 Å². The summed E-state index contributed by atoms with van der Waals surface area (Å²) in [7, 11) is 1.89. The zero-order valence-electron chi connectivity index (χ0n) is 18.8. The molecule has 2 aliphatic rings. The zero-order chi connectivity index (χ0) is 20.6. The minimum Gasteiger partial charge on any atom is -0.381 e. The van der Waals surface area contributed by atoms with Crippen LogP contribution in [0.2, 0.25) is 0 Å². The number of nitrogens with one attached hydrogen (secondary N) is 1. The Kier molecular flexibility index (Phi) is 8.19. The molecule has 0 bridgehead atoms. The average molecular weight is 402 g/mol. The largest absolute Gasteiger partial charge is 0.381 e. The highest BCUT2D eigenvalue weighted by Gasteiger charge is 2.25. The number of hydrogen-bond acceptors (Lipinski definition) is 4. The van der Waals surface area contributed by atoms with E-state index in [0.717, 1.165) is 71.5 Å². The molecule has 1 unspecified atom stereocenters. The fraction of sp³-hybridized carbons (Fsp3) is 0.696. The molecule has 0 spiro atoms. The van der Waals surface area contributed by atoms with Gasteiger partial charge in [-0.1, -0.05) is 12.1 Å². The second kappa shape index (κ2) is 10.8. The molecule has 6 heteroatoms. The smallest absolute Gasteiger partial charge is 0.193 e. The molecule has 1 aromatic rings. The van der Waals surface area contributed by atoms with Gasteiger partial charge >= 0.3 is 0 Å². The normalized spacial score (nSPS) is 21.1. The number of likely N-dealkylation sites (tertiary alicyclic amines) is 1. The molecule has 162 valence electrons. The van der Waals surface area contributed by atoms with Crippen LogP contribution in [0.15, 0.2) is 23.2 Å². The van der Waals surface area contributed by atoms with Crippen LogP contribution in [0.25, 0.3) is 0 Å². The summed E-state index contributed by atoms with van der Waals surface area (Å²) in [6.45, 7) is 16.8. The first-order valence-corrected chi connectivity index (χ1v) is 11.2. The monoisotopic (exact) mass is 401 g/mol. The number of ether oxygens (including phenoxy) is 1. The summed E-state index contributed by atoms with van der Waals surface area (Å²) in [5.41, 5.74) is 4.20. The molecular formula is C23H39N5O. The van der Waals surface area contributed by atoms with Crippen LogP contribution in [0.5, 0.6) is 0 Å². The Balaban J connectivity index is 1.38. The van der Waals surface area contributed by atoms with Crippen molar-refractivity contribution >= 4 is 11.6 Å². The number of aliphatic imine (C=N–C) groups is 1. The van der Waals surface area contributed by atoms with Gasteiger partial charge in [0.25, 0.3) is 0 Å². The SMILES string of the molecule is CCOCC1CCN(C(=NC)NCCN2CCN(c3cccc(C)c3C)CC2)C1. The molecule has 1 N–H and O–H groups in total. The van der Waals surface area contributed by atoms with Crippen LogP contribution in [0.3, 0.4) is 0 Å². The molecule has 2 saturated heterocycles. The maximum absolute atomic E-state index is 5.60. The Labute approximate surface area is 176 Å². The first-order chi connectivity index (χ1) is 14.1. The maximum atomic E-state index is 5.60. The van der Waals surface area contributed by atoms with Crippen LogP contribution in [0, 0.1) is 19.8 Å². The highest BCUT2D eigenvalue weighted by molar-refractivity contribution is 5.80. The van der Waals surface area contributed by atoms with E-state index in [2.05, 4.69) is 64.0 Å². The van der Waals surface area contributed by atoms with E-state index < -0.39 is 0 Å². The van der Waals surface area contributed by atoms with Crippen LogP contribution >= 0.6 is 0 Å². The lowest BCUT2D eigenvalue weighted by molar-refractivity contribution is 0.114. The molecule has 6 nitrogen and oxygen atoms in total. The van der Waals surface area contributed by atoms with Crippen molar-refractivity contribution in [2.24, 2.45) is 10.9 Å². The van der Waals surface area contributed by atoms with Gasteiger partial charge in [-0.05, 0) is 44.4 Å². The lowest BCUT2D eigenvalue weighted by Gasteiger charge is -2.37. The quantitative estimate of drug-likeness (QED) is 0.561. The Morgan fingerprint density at radius 1 is 1.17 bits per heavy atom. The van der Waals surface area contributed by atoms with Gasteiger partial charge in [0, 0.05) is 77.6 Å². The van der Waals surface area contributed by atoms with Crippen molar-refractivity contribution in [3.8, 4) is 0 Å². The molecule has 0 aromatic heterocycles. The molecule has 0 amide bonds. The first-order valence-electron chi connectivity index (χ1n) is 11.2. The lowest BCUT2D eigenvalue weighted by Crippen LogP contribution is -2.49. The zero-order valence-corrected chi connectivity index (χ0v) is 18.8. The molecule has 2 fully saturated rings. The molecule has 1 aromatic carbocycles. The third-order valence-corrected chi connectivity index (χ3v) is 6.36. The van der Waals surface area contributed by atoms with Crippen molar-refractivity contribution in [1.29, 1.82) is 0 Å². The second-order valence-electron chi connectivity index (χ2n) is 8.28. The Bertz CT molecular complexity index is 669. The minimum atomic E-state index is 0.631. The van der Waals surface area contributed by atoms with E-state index in [9.17, 15) is 0 Å². The number of hydrogen-bond donors (Lipinski definition) is 1. The van der Waals surface area contributed by atoms with E-state index in [1.54, 1.807) is 0 Å². The summed E-state index contributed by atoms with van der Waals surface area (Å²) in [5.74, 6) is 1.67. The van der Waals surface area contributed by atoms with Gasteiger partial charge in [-0.15, -0.1) is 0 Å². The van der Waals surface area contributed by atoms with Crippen LogP contribution in [0.1, 0.15) is 24.5 Å². The highest BCUT2D eigenvalue weighted by Crippen LogP contribution is 2.23. The van der Waals surface area contributed by atoms with Crippen LogP contribution in [-0.4, -0.2) is 88.4 Å². The molecule has 3 rings (SSSR count). The summed E-state index contributed by atoms with van der Waals surface area (Å²) in [4.78, 5) is 12.0. The van der Waals surface area contributed by atoms with E-state index in [-0.39, 0.29) is 0 Å². The predicted molar refractivity (Wildman–Crippen MR) is 122 cm³/mol. The number of anilines is 1. The van der Waals surface area contributed by atoms with Crippen LogP contribution in [0.4, 0.5) is 5.69 Å². The van der Waals surface area contributed by atoms with Crippen molar-refractivity contribution in [3.63, 3.8) is 0 Å². The van der Waals surface area contributed by atoms with Gasteiger partial charge in [-0.3, -0.25) is 9.89 Å². The summed E-state index contributed by atoms with van der Waals surface area (Å²) in [5, 5.41) is 3.57. The Morgan fingerprint density at radius 2 is 1.97 bits per heavy atom. The van der Waals surface area contributed by atoms with Gasteiger partial charge in [0.15, 0.2) is 5.96 Å². The highest BCUT2D eigenvalue weighted by atomic mass is 16.5. The van der Waals surface area contributed by atoms with Crippen LogP contribution in [-0.2, 0) is 4.74 Å². The molecule has 29 heavy (non-hydrogen) atoms. The number of rotatable bonds is 7. The molecular weight excluding hydrogens is 362 g/mol. The summed E-state index contributed by atoms with van der Waals surface area (Å²) >= 11 is 0. The van der Waals surface area contributed by atoms with Crippen molar-refractivity contribution in [1.82, 2.24) is 15.1 Å². The standard InChI is InChI=1S/C23H39N5O/c1-5-29-18-21-9-11-28(17-21)23(24-4)25-10-12-26-13-15-27(16-14-26)22-8-6-7-19(2)20(22)3/h6-8,21H,5,9-18H2,1-4H3,(H,24,25). The van der Waals surface area contributed by atoms with E-state index in [1.165, 1.54) is 23.2 Å². The average Bonchev–Trinajstić information content (AvgIpc) is 3.21. The minimum absolute atomic E-state index is 0.631. The van der Waals surface area contributed by atoms with E-state index in [4.69, 9.17) is 4.74 Å². The number of aryl methyl sites for hydroxylation is 1. The van der Waals surface area contributed by atoms with E-state index in [0.29, 0.717) is 5.92 Å². The fourth-order valence-corrected chi connectivity index (χ4v) is 4.39. The summed E-state index contributed by atoms with van der Waals surface area (Å²) < 4.78 is 5.60. The first kappa shape index (κ1) is 21.9.